The number of nitrogens with zero attached hydrogens (tertiary/aromatic N) is 1. The minimum Gasteiger partial charge on any atom is -1.00 e. The topological polar surface area (TPSA) is 33.3 Å². The van der Waals surface area contributed by atoms with Crippen LogP contribution in [0.3, 0.4) is 0 Å². The minimum atomic E-state index is 0. The first-order chi connectivity index (χ1) is 11.5. The van der Waals surface area contributed by atoms with Gasteiger partial charge in [0.1, 0.15) is 0 Å². The van der Waals surface area contributed by atoms with Crippen LogP contribution >= 0.6 is 0 Å². The zero-order valence-corrected chi connectivity index (χ0v) is 15.9. The van der Waals surface area contributed by atoms with Crippen LogP contribution in [0.15, 0.2) is 42.1 Å². The molecule has 4 heteroatoms. The number of aromatic nitrogens is 1. The number of pyridine rings is 1. The van der Waals surface area contributed by atoms with Gasteiger partial charge in [0.05, 0.1) is 12.2 Å². The molecular weight excluding hydrogens is 334 g/mol. The molecule has 3 rings (SSSR count). The summed E-state index contributed by atoms with van der Waals surface area (Å²) in [5, 5.41) is 9.88. The van der Waals surface area contributed by atoms with E-state index in [2.05, 4.69) is 49.7 Å². The zero-order valence-electron chi connectivity index (χ0n) is 15.1. The molecule has 0 saturated carbocycles. The quantitative estimate of drug-likeness (QED) is 0.840. The molecule has 1 aromatic carbocycles. The third-order valence-corrected chi connectivity index (χ3v) is 4.60. The van der Waals surface area contributed by atoms with Crippen molar-refractivity contribution in [2.75, 3.05) is 6.61 Å². The van der Waals surface area contributed by atoms with Crippen molar-refractivity contribution in [2.45, 2.75) is 34.1 Å². The summed E-state index contributed by atoms with van der Waals surface area (Å²) < 4.78 is 7.76. The van der Waals surface area contributed by atoms with Gasteiger partial charge in [-0.05, 0) is 50.1 Å². The fourth-order valence-corrected chi connectivity index (χ4v) is 3.06. The third-order valence-electron chi connectivity index (χ3n) is 4.60. The van der Waals surface area contributed by atoms with E-state index in [1.807, 2.05) is 19.1 Å². The highest BCUT2D eigenvalue weighted by Crippen LogP contribution is 2.34. The number of fused-ring (bicyclic) bond motifs is 1. The van der Waals surface area contributed by atoms with Crippen LogP contribution in [0.2, 0.25) is 0 Å². The molecule has 2 aromatic rings. The first-order valence-corrected chi connectivity index (χ1v) is 8.45. The Morgan fingerprint density at radius 3 is 2.56 bits per heavy atom. The number of rotatable bonds is 4. The Morgan fingerprint density at radius 2 is 1.88 bits per heavy atom. The van der Waals surface area contributed by atoms with Gasteiger partial charge < -0.3 is 22.3 Å². The van der Waals surface area contributed by atoms with E-state index in [1.165, 1.54) is 28.1 Å². The van der Waals surface area contributed by atoms with Gasteiger partial charge >= 0.3 is 0 Å². The van der Waals surface area contributed by atoms with Crippen molar-refractivity contribution in [3.05, 3.63) is 58.9 Å². The lowest BCUT2D eigenvalue weighted by atomic mass is 10.0. The van der Waals surface area contributed by atoms with Crippen molar-refractivity contribution in [3.63, 3.8) is 0 Å². The maximum atomic E-state index is 9.88. The molecule has 1 aliphatic rings. The molecule has 2 heterocycles. The van der Waals surface area contributed by atoms with Gasteiger partial charge in [-0.25, -0.2) is 0 Å². The van der Waals surface area contributed by atoms with Crippen LogP contribution in [0.25, 0.3) is 17.3 Å². The van der Waals surface area contributed by atoms with Gasteiger partial charge in [0, 0.05) is 24.1 Å². The van der Waals surface area contributed by atoms with E-state index >= 15 is 0 Å². The molecule has 1 aliphatic heterocycles. The predicted molar refractivity (Wildman–Crippen MR) is 97.7 cm³/mol. The molecular formula is C21H24ClNO2. The van der Waals surface area contributed by atoms with Gasteiger partial charge in [-0.2, -0.15) is 4.57 Å². The van der Waals surface area contributed by atoms with Crippen molar-refractivity contribution in [2.24, 2.45) is 0 Å². The number of benzene rings is 1. The number of hydrogen-bond donors (Lipinski definition) is 1. The normalized spacial score (nSPS) is 14.5. The van der Waals surface area contributed by atoms with Crippen LogP contribution in [-0.4, -0.2) is 11.7 Å². The lowest BCUT2D eigenvalue weighted by Crippen LogP contribution is -3.00. The van der Waals surface area contributed by atoms with E-state index in [4.69, 9.17) is 4.74 Å². The molecule has 0 spiro atoms. The van der Waals surface area contributed by atoms with E-state index in [0.29, 0.717) is 12.4 Å². The lowest BCUT2D eigenvalue weighted by molar-refractivity contribution is -0.581. The fraction of sp³-hybridized carbons (Fsp3) is 0.286. The monoisotopic (exact) mass is 357 g/mol. The largest absolute Gasteiger partial charge is 1.00 e. The Kier molecular flexibility index (Phi) is 5.91. The molecule has 0 fully saturated rings. The molecule has 25 heavy (non-hydrogen) atoms. The van der Waals surface area contributed by atoms with Crippen LogP contribution in [0.4, 0.5) is 0 Å². The lowest BCUT2D eigenvalue weighted by Gasteiger charge is -2.07. The molecule has 0 radical (unpaired) electrons. The molecule has 0 amide bonds. The summed E-state index contributed by atoms with van der Waals surface area (Å²) >= 11 is 0. The zero-order chi connectivity index (χ0) is 17.3. The number of aryl methyl sites for hydroxylation is 1. The van der Waals surface area contributed by atoms with Crippen molar-refractivity contribution >= 4 is 17.3 Å². The Hall–Kier alpha value is -2.26. The van der Waals surface area contributed by atoms with E-state index in [9.17, 15) is 5.11 Å². The van der Waals surface area contributed by atoms with Crippen LogP contribution < -0.4 is 21.7 Å². The molecule has 0 saturated heterocycles. The van der Waals surface area contributed by atoms with Crippen LogP contribution in [0, 0.1) is 0 Å². The van der Waals surface area contributed by atoms with Gasteiger partial charge in [0.25, 0.3) is 0 Å². The summed E-state index contributed by atoms with van der Waals surface area (Å²) in [6, 6.07) is 9.86. The number of allylic oxidation sites excluding steroid dienone is 3. The second-order valence-corrected chi connectivity index (χ2v) is 6.07. The highest BCUT2D eigenvalue weighted by molar-refractivity contribution is 5.93. The molecule has 3 nitrogen and oxygen atoms in total. The van der Waals surface area contributed by atoms with Crippen molar-refractivity contribution in [1.29, 1.82) is 0 Å². The number of phenols is 1. The molecule has 1 N–H and O–H groups in total. The Labute approximate surface area is 155 Å². The standard InChI is InChI=1S/C21H23NO2.ClH/c1-5-16-7-9-19-18(14(3)15(4)22(19)13-16)11-17-8-10-20(23)21(12-17)24-6-2;/h7-13H,5-6H2,1-4H3;1H. The van der Waals surface area contributed by atoms with E-state index in [-0.39, 0.29) is 18.2 Å². The summed E-state index contributed by atoms with van der Waals surface area (Å²) in [6.45, 7) is 8.93. The highest BCUT2D eigenvalue weighted by Gasteiger charge is 2.29. The average Bonchev–Trinajstić information content (AvgIpc) is 2.82. The minimum absolute atomic E-state index is 0. The van der Waals surface area contributed by atoms with Crippen LogP contribution in [0.5, 0.6) is 11.5 Å². The molecule has 0 aliphatic carbocycles. The number of halogens is 1. The smallest absolute Gasteiger partial charge is 0.218 e. The predicted octanol–water partition coefficient (Wildman–Crippen LogP) is 1.45. The fourth-order valence-electron chi connectivity index (χ4n) is 3.06. The Morgan fingerprint density at radius 1 is 1.12 bits per heavy atom. The first kappa shape index (κ1) is 19.1. The average molecular weight is 358 g/mol. The van der Waals surface area contributed by atoms with Gasteiger partial charge in [0.15, 0.2) is 23.4 Å². The van der Waals surface area contributed by atoms with Crippen LogP contribution in [-0.2, 0) is 6.42 Å². The van der Waals surface area contributed by atoms with Crippen molar-refractivity contribution < 1.29 is 26.8 Å². The van der Waals surface area contributed by atoms with Crippen molar-refractivity contribution in [3.8, 4) is 11.5 Å². The molecule has 1 aromatic heterocycles. The summed E-state index contributed by atoms with van der Waals surface area (Å²) in [5.41, 5.74) is 7.29. The SMILES string of the molecule is CCOc1cc(/C=C2\C(C)=C(C)[n+]3cc(CC)ccc32)ccc1O.[Cl-]. The molecule has 0 bridgehead atoms. The maximum absolute atomic E-state index is 9.88. The summed E-state index contributed by atoms with van der Waals surface area (Å²) in [6.07, 6.45) is 5.41. The summed E-state index contributed by atoms with van der Waals surface area (Å²) in [5.74, 6) is 0.702. The molecule has 0 unspecified atom stereocenters. The maximum Gasteiger partial charge on any atom is 0.218 e. The Balaban J connectivity index is 0.00000225. The molecule has 132 valence electrons. The van der Waals surface area contributed by atoms with Gasteiger partial charge in [0.2, 0.25) is 5.69 Å². The van der Waals surface area contributed by atoms with Gasteiger partial charge in [-0.1, -0.05) is 13.0 Å². The van der Waals surface area contributed by atoms with E-state index < -0.39 is 0 Å². The molecule has 0 atom stereocenters. The highest BCUT2D eigenvalue weighted by atomic mass is 35.5. The van der Waals surface area contributed by atoms with E-state index in [1.54, 1.807) is 6.07 Å². The van der Waals surface area contributed by atoms with Gasteiger partial charge in [-0.3, -0.25) is 0 Å². The van der Waals surface area contributed by atoms with E-state index in [0.717, 1.165) is 12.0 Å². The second-order valence-electron chi connectivity index (χ2n) is 6.07. The Bertz CT molecular complexity index is 853. The van der Waals surface area contributed by atoms with Crippen LogP contribution in [0.1, 0.15) is 44.5 Å². The summed E-state index contributed by atoms with van der Waals surface area (Å²) in [4.78, 5) is 0. The number of ether oxygens (including phenoxy) is 1. The summed E-state index contributed by atoms with van der Waals surface area (Å²) in [7, 11) is 0. The van der Waals surface area contributed by atoms with Gasteiger partial charge in [-0.15, -0.1) is 0 Å². The first-order valence-electron chi connectivity index (χ1n) is 8.45. The van der Waals surface area contributed by atoms with Crippen molar-refractivity contribution in [1.82, 2.24) is 0 Å². The third kappa shape index (κ3) is 3.57. The number of aromatic hydroxyl groups is 1. The number of phenolic OH excluding ortho intramolecular Hbond substituents is 1. The second kappa shape index (κ2) is 7.75. The number of hydrogen-bond acceptors (Lipinski definition) is 2.